The zero-order valence-electron chi connectivity index (χ0n) is 11.4. The van der Waals surface area contributed by atoms with Crippen LogP contribution in [-0.2, 0) is 9.59 Å². The number of nitrogens with one attached hydrogen (secondary N) is 1. The summed E-state index contributed by atoms with van der Waals surface area (Å²) in [4.78, 5) is 25.3. The molecular formula is C16H13N3O2. The lowest BCUT2D eigenvalue weighted by Crippen LogP contribution is -2.37. The molecule has 104 valence electrons. The highest BCUT2D eigenvalue weighted by Crippen LogP contribution is 2.15. The van der Waals surface area contributed by atoms with Crippen molar-refractivity contribution in [1.29, 1.82) is 5.26 Å². The number of hydrogen-bond acceptors (Lipinski definition) is 3. The van der Waals surface area contributed by atoms with Crippen LogP contribution in [0.1, 0.15) is 5.56 Å². The highest BCUT2D eigenvalue weighted by atomic mass is 16.2. The van der Waals surface area contributed by atoms with E-state index in [1.165, 1.54) is 11.9 Å². The first-order valence-corrected chi connectivity index (χ1v) is 6.26. The zero-order chi connectivity index (χ0) is 15.2. The van der Waals surface area contributed by atoms with Crippen molar-refractivity contribution in [1.82, 2.24) is 0 Å². The number of anilines is 2. The summed E-state index contributed by atoms with van der Waals surface area (Å²) in [5.74, 6) is -1.49. The monoisotopic (exact) mass is 279 g/mol. The predicted octanol–water partition coefficient (Wildman–Crippen LogP) is 2.16. The maximum Gasteiger partial charge on any atom is 0.316 e. The van der Waals surface area contributed by atoms with E-state index >= 15 is 0 Å². The lowest BCUT2D eigenvalue weighted by Gasteiger charge is -2.16. The second-order valence-corrected chi connectivity index (χ2v) is 4.31. The number of hydrogen-bond donors (Lipinski definition) is 1. The second kappa shape index (κ2) is 6.35. The van der Waals surface area contributed by atoms with E-state index in [4.69, 9.17) is 5.26 Å². The van der Waals surface area contributed by atoms with E-state index in [0.29, 0.717) is 16.9 Å². The van der Waals surface area contributed by atoms with Gasteiger partial charge in [0.1, 0.15) is 6.07 Å². The van der Waals surface area contributed by atoms with E-state index in [9.17, 15) is 9.59 Å². The van der Waals surface area contributed by atoms with Gasteiger partial charge in [0.05, 0.1) is 11.3 Å². The molecule has 0 bridgehead atoms. The molecule has 0 spiro atoms. The quantitative estimate of drug-likeness (QED) is 0.856. The van der Waals surface area contributed by atoms with Crippen LogP contribution in [0.5, 0.6) is 0 Å². The molecule has 0 aliphatic carbocycles. The molecule has 21 heavy (non-hydrogen) atoms. The highest BCUT2D eigenvalue weighted by Gasteiger charge is 2.20. The maximum atomic E-state index is 12.1. The first-order chi connectivity index (χ1) is 10.1. The molecule has 0 atom stereocenters. The molecule has 0 aromatic heterocycles. The van der Waals surface area contributed by atoms with Gasteiger partial charge < -0.3 is 10.2 Å². The molecule has 0 saturated carbocycles. The molecule has 2 amide bonds. The lowest BCUT2D eigenvalue weighted by atomic mass is 10.2. The van der Waals surface area contributed by atoms with Gasteiger partial charge in [-0.2, -0.15) is 5.26 Å². The second-order valence-electron chi connectivity index (χ2n) is 4.31. The number of nitriles is 1. The first kappa shape index (κ1) is 14.3. The normalized spacial score (nSPS) is 9.52. The number of benzene rings is 2. The van der Waals surface area contributed by atoms with E-state index in [-0.39, 0.29) is 0 Å². The van der Waals surface area contributed by atoms with E-state index in [1.807, 2.05) is 12.1 Å². The van der Waals surface area contributed by atoms with E-state index in [1.54, 1.807) is 48.5 Å². The Balaban J connectivity index is 2.14. The molecular weight excluding hydrogens is 266 g/mol. The predicted molar refractivity (Wildman–Crippen MR) is 79.6 cm³/mol. The Morgan fingerprint density at radius 2 is 1.67 bits per heavy atom. The Bertz CT molecular complexity index is 705. The number of nitrogens with zero attached hydrogens (tertiary/aromatic N) is 2. The van der Waals surface area contributed by atoms with E-state index in [2.05, 4.69) is 5.32 Å². The van der Waals surface area contributed by atoms with Crippen molar-refractivity contribution in [3.8, 4) is 6.07 Å². The Labute approximate surface area is 122 Å². The van der Waals surface area contributed by atoms with Crippen LogP contribution in [0.25, 0.3) is 0 Å². The minimum absolute atomic E-state index is 0.306. The van der Waals surface area contributed by atoms with Crippen molar-refractivity contribution in [3.63, 3.8) is 0 Å². The molecule has 0 fully saturated rings. The number of carbonyl (C=O) groups excluding carboxylic acids is 2. The molecule has 1 N–H and O–H groups in total. The van der Waals surface area contributed by atoms with E-state index in [0.717, 1.165) is 0 Å². The van der Waals surface area contributed by atoms with Crippen LogP contribution in [0.3, 0.4) is 0 Å². The molecule has 2 aromatic rings. The summed E-state index contributed by atoms with van der Waals surface area (Å²) in [6.07, 6.45) is 0. The van der Waals surface area contributed by atoms with Gasteiger partial charge in [-0.3, -0.25) is 9.59 Å². The van der Waals surface area contributed by atoms with Crippen LogP contribution >= 0.6 is 0 Å². The summed E-state index contributed by atoms with van der Waals surface area (Å²) in [5, 5.41) is 11.4. The van der Waals surface area contributed by atoms with Gasteiger partial charge in [0.25, 0.3) is 0 Å². The third kappa shape index (κ3) is 3.25. The van der Waals surface area contributed by atoms with Gasteiger partial charge in [0.2, 0.25) is 0 Å². The van der Waals surface area contributed by atoms with Crippen molar-refractivity contribution in [2.75, 3.05) is 17.3 Å². The fourth-order valence-corrected chi connectivity index (χ4v) is 1.79. The number of likely N-dealkylation sites (N-methyl/N-ethyl adjacent to an activating group) is 1. The molecule has 5 heteroatoms. The summed E-state index contributed by atoms with van der Waals surface area (Å²) in [6, 6.07) is 17.3. The molecule has 0 aliphatic heterocycles. The summed E-state index contributed by atoms with van der Waals surface area (Å²) < 4.78 is 0. The molecule has 0 heterocycles. The minimum Gasteiger partial charge on any atom is -0.317 e. The fourth-order valence-electron chi connectivity index (χ4n) is 1.79. The van der Waals surface area contributed by atoms with Crippen molar-refractivity contribution in [2.24, 2.45) is 0 Å². The van der Waals surface area contributed by atoms with Gasteiger partial charge in [-0.25, -0.2) is 0 Å². The Morgan fingerprint density at radius 1 is 1.05 bits per heavy atom. The summed E-state index contributed by atoms with van der Waals surface area (Å²) in [6.45, 7) is 0. The topological polar surface area (TPSA) is 73.2 Å². The van der Waals surface area contributed by atoms with Gasteiger partial charge >= 0.3 is 11.8 Å². The van der Waals surface area contributed by atoms with Crippen LogP contribution in [-0.4, -0.2) is 18.9 Å². The smallest absolute Gasteiger partial charge is 0.316 e. The number of carbonyl (C=O) groups is 2. The highest BCUT2D eigenvalue weighted by molar-refractivity contribution is 6.44. The van der Waals surface area contributed by atoms with Crippen LogP contribution in [0, 0.1) is 11.3 Å². The van der Waals surface area contributed by atoms with Gasteiger partial charge in [-0.05, 0) is 24.3 Å². The van der Waals surface area contributed by atoms with E-state index < -0.39 is 11.8 Å². The van der Waals surface area contributed by atoms with Crippen molar-refractivity contribution >= 4 is 23.2 Å². The van der Waals surface area contributed by atoms with Crippen molar-refractivity contribution in [2.45, 2.75) is 0 Å². The first-order valence-electron chi connectivity index (χ1n) is 6.26. The third-order valence-electron chi connectivity index (χ3n) is 2.94. The Kier molecular flexibility index (Phi) is 4.32. The van der Waals surface area contributed by atoms with Gasteiger partial charge in [-0.1, -0.05) is 30.3 Å². The summed E-state index contributed by atoms with van der Waals surface area (Å²) >= 11 is 0. The van der Waals surface area contributed by atoms with Crippen molar-refractivity contribution < 1.29 is 9.59 Å². The summed E-state index contributed by atoms with van der Waals surface area (Å²) in [7, 11) is 1.52. The molecule has 0 aliphatic rings. The summed E-state index contributed by atoms with van der Waals surface area (Å²) in [5.41, 5.74) is 1.24. The van der Waals surface area contributed by atoms with Gasteiger partial charge in [0, 0.05) is 12.7 Å². The third-order valence-corrected chi connectivity index (χ3v) is 2.94. The Hall–Kier alpha value is -3.13. The lowest BCUT2D eigenvalue weighted by molar-refractivity contribution is -0.134. The molecule has 0 saturated heterocycles. The standard InChI is InChI=1S/C16H13N3O2/c1-19(13-8-3-2-4-9-13)16(21)15(20)18-14-10-6-5-7-12(14)11-17/h2-10H,1H3,(H,18,20). The molecule has 5 nitrogen and oxygen atoms in total. The SMILES string of the molecule is CN(C(=O)C(=O)Nc1ccccc1C#N)c1ccccc1. The van der Waals surface area contributed by atoms with Gasteiger partial charge in [-0.15, -0.1) is 0 Å². The van der Waals surface area contributed by atoms with Gasteiger partial charge in [0.15, 0.2) is 0 Å². The Morgan fingerprint density at radius 3 is 2.33 bits per heavy atom. The minimum atomic E-state index is -0.788. The average molecular weight is 279 g/mol. The molecule has 2 rings (SSSR count). The maximum absolute atomic E-state index is 12.1. The number of amides is 2. The molecule has 0 radical (unpaired) electrons. The number of para-hydroxylation sites is 2. The average Bonchev–Trinajstić information content (AvgIpc) is 2.54. The van der Waals surface area contributed by atoms with Crippen LogP contribution in [0.4, 0.5) is 11.4 Å². The fraction of sp³-hybridized carbons (Fsp3) is 0.0625. The van der Waals surface area contributed by atoms with Crippen LogP contribution < -0.4 is 10.2 Å². The van der Waals surface area contributed by atoms with Crippen LogP contribution in [0.15, 0.2) is 54.6 Å². The molecule has 0 unspecified atom stereocenters. The largest absolute Gasteiger partial charge is 0.317 e. The van der Waals surface area contributed by atoms with Crippen LogP contribution in [0.2, 0.25) is 0 Å². The van der Waals surface area contributed by atoms with Crippen molar-refractivity contribution in [3.05, 3.63) is 60.2 Å². The zero-order valence-corrected chi connectivity index (χ0v) is 11.4. The number of rotatable bonds is 2. The molecule has 2 aromatic carbocycles.